The zero-order valence-electron chi connectivity index (χ0n) is 10.7. The molecule has 1 rings (SSSR count). The fourth-order valence-corrected chi connectivity index (χ4v) is 1.94. The summed E-state index contributed by atoms with van der Waals surface area (Å²) >= 11 is 0. The van der Waals surface area contributed by atoms with Crippen molar-refractivity contribution in [1.29, 1.82) is 0 Å². The number of hydrogen-bond acceptors (Lipinski definition) is 8. The molecule has 3 atom stereocenters. The summed E-state index contributed by atoms with van der Waals surface area (Å²) in [5, 5.41) is 47.1. The van der Waals surface area contributed by atoms with E-state index in [9.17, 15) is 20.1 Å². The van der Waals surface area contributed by atoms with Crippen LogP contribution in [0.5, 0.6) is 0 Å². The molecule has 0 aromatic rings. The predicted octanol–water partition coefficient (Wildman–Crippen LogP) is -1.65. The highest BCUT2D eigenvalue weighted by atomic mass is 16.6. The molecule has 8 nitrogen and oxygen atoms in total. The van der Waals surface area contributed by atoms with Gasteiger partial charge >= 0.3 is 5.97 Å². The lowest BCUT2D eigenvalue weighted by Gasteiger charge is -2.34. The van der Waals surface area contributed by atoms with Gasteiger partial charge in [-0.15, -0.1) is 0 Å². The van der Waals surface area contributed by atoms with Gasteiger partial charge < -0.3 is 35.0 Å². The predicted molar refractivity (Wildman–Crippen MR) is 65.4 cm³/mol. The van der Waals surface area contributed by atoms with E-state index in [1.165, 1.54) is 6.08 Å². The van der Waals surface area contributed by atoms with Crippen LogP contribution in [0, 0.1) is 0 Å². The summed E-state index contributed by atoms with van der Waals surface area (Å²) in [6, 6.07) is 0. The third kappa shape index (κ3) is 2.93. The third-order valence-corrected chi connectivity index (χ3v) is 2.87. The number of ether oxygens (including phenoxy) is 2. The summed E-state index contributed by atoms with van der Waals surface area (Å²) in [5.74, 6) is -2.41. The molecule has 1 heterocycles. The standard InChI is InChI=1S/C12H18O8/c1-2-3-19-10-9(17)11(18)20-12(10,8(16)6-14)4-7(15)5-13/h2,7-8,13-17H,1,3-6H2/t7?,8-,12+/m0/s1. The fraction of sp³-hybridized carbons (Fsp3) is 0.583. The average molecular weight is 290 g/mol. The van der Waals surface area contributed by atoms with Gasteiger partial charge in [0.25, 0.3) is 0 Å². The molecule has 0 fully saturated rings. The SMILES string of the molecule is C=CCOC1=C(O)C(=O)O[C@]1(CC(O)CO)[C@@H](O)CO. The number of aliphatic hydroxyl groups excluding tert-OH is 5. The zero-order valence-corrected chi connectivity index (χ0v) is 10.7. The molecule has 0 bridgehead atoms. The van der Waals surface area contributed by atoms with Gasteiger partial charge in [-0.3, -0.25) is 0 Å². The van der Waals surface area contributed by atoms with E-state index in [2.05, 4.69) is 6.58 Å². The Bertz CT molecular complexity index is 404. The topological polar surface area (TPSA) is 137 Å². The van der Waals surface area contributed by atoms with Crippen LogP contribution in [0.2, 0.25) is 0 Å². The molecule has 5 N–H and O–H groups in total. The van der Waals surface area contributed by atoms with E-state index in [1.54, 1.807) is 0 Å². The molecule has 8 heteroatoms. The first-order valence-corrected chi connectivity index (χ1v) is 5.91. The lowest BCUT2D eigenvalue weighted by Crippen LogP contribution is -2.50. The van der Waals surface area contributed by atoms with Crippen LogP contribution in [-0.2, 0) is 14.3 Å². The number of carbonyl (C=O) groups is 1. The monoisotopic (exact) mass is 290 g/mol. The third-order valence-electron chi connectivity index (χ3n) is 2.87. The fourth-order valence-electron chi connectivity index (χ4n) is 1.94. The molecule has 1 aliphatic rings. The molecule has 0 aromatic heterocycles. The van der Waals surface area contributed by atoms with Crippen LogP contribution in [0.25, 0.3) is 0 Å². The van der Waals surface area contributed by atoms with Crippen molar-refractivity contribution in [1.82, 2.24) is 0 Å². The van der Waals surface area contributed by atoms with Crippen molar-refractivity contribution in [2.45, 2.75) is 24.2 Å². The van der Waals surface area contributed by atoms with E-state index in [0.717, 1.165) is 0 Å². The molecule has 0 saturated carbocycles. The van der Waals surface area contributed by atoms with Crippen molar-refractivity contribution in [2.24, 2.45) is 0 Å². The Labute approximate surface area is 115 Å². The highest BCUT2D eigenvalue weighted by Crippen LogP contribution is 2.39. The molecule has 1 unspecified atom stereocenters. The summed E-state index contributed by atoms with van der Waals surface area (Å²) in [5.41, 5.74) is -1.96. The van der Waals surface area contributed by atoms with Crippen LogP contribution in [-0.4, -0.2) is 69.1 Å². The molecule has 0 radical (unpaired) electrons. The molecule has 0 aromatic carbocycles. The molecule has 114 valence electrons. The van der Waals surface area contributed by atoms with E-state index >= 15 is 0 Å². The number of rotatable bonds is 8. The molecule has 1 aliphatic heterocycles. The van der Waals surface area contributed by atoms with E-state index in [-0.39, 0.29) is 6.61 Å². The Hall–Kier alpha value is -1.61. The van der Waals surface area contributed by atoms with Crippen molar-refractivity contribution in [3.05, 3.63) is 24.2 Å². The Balaban J connectivity index is 3.19. The first-order chi connectivity index (χ1) is 9.42. The lowest BCUT2D eigenvalue weighted by molar-refractivity contribution is -0.170. The summed E-state index contributed by atoms with van der Waals surface area (Å²) in [4.78, 5) is 11.5. The maximum absolute atomic E-state index is 11.5. The number of hydrogen-bond donors (Lipinski definition) is 5. The van der Waals surface area contributed by atoms with Gasteiger partial charge in [0, 0.05) is 6.42 Å². The normalized spacial score (nSPS) is 25.3. The van der Waals surface area contributed by atoms with E-state index in [0.29, 0.717) is 0 Å². The number of esters is 1. The van der Waals surface area contributed by atoms with Crippen LogP contribution in [0.15, 0.2) is 24.2 Å². The maximum Gasteiger partial charge on any atom is 0.378 e. The van der Waals surface area contributed by atoms with Gasteiger partial charge in [-0.2, -0.15) is 0 Å². The summed E-state index contributed by atoms with van der Waals surface area (Å²) in [6.07, 6.45) is -2.11. The summed E-state index contributed by atoms with van der Waals surface area (Å²) in [6.45, 7) is 1.84. The minimum atomic E-state index is -1.96. The van der Waals surface area contributed by atoms with E-state index < -0.39 is 54.9 Å². The highest BCUT2D eigenvalue weighted by Gasteiger charge is 2.55. The Morgan fingerprint density at radius 1 is 1.35 bits per heavy atom. The van der Waals surface area contributed by atoms with Crippen molar-refractivity contribution >= 4 is 5.97 Å². The van der Waals surface area contributed by atoms with Gasteiger partial charge in [-0.05, 0) is 0 Å². The molecular weight excluding hydrogens is 272 g/mol. The van der Waals surface area contributed by atoms with Crippen LogP contribution in [0.1, 0.15) is 6.42 Å². The largest absolute Gasteiger partial charge is 0.499 e. The quantitative estimate of drug-likeness (QED) is 0.265. The minimum Gasteiger partial charge on any atom is -0.499 e. The maximum atomic E-state index is 11.5. The van der Waals surface area contributed by atoms with Crippen LogP contribution in [0.4, 0.5) is 0 Å². The molecule has 0 amide bonds. The van der Waals surface area contributed by atoms with Crippen molar-refractivity contribution in [3.8, 4) is 0 Å². The van der Waals surface area contributed by atoms with Crippen LogP contribution < -0.4 is 0 Å². The van der Waals surface area contributed by atoms with Crippen LogP contribution in [0.3, 0.4) is 0 Å². The van der Waals surface area contributed by atoms with Crippen molar-refractivity contribution in [3.63, 3.8) is 0 Å². The number of cyclic esters (lactones) is 1. The second-order valence-corrected chi connectivity index (χ2v) is 4.30. The highest BCUT2D eigenvalue weighted by molar-refractivity contribution is 5.90. The second-order valence-electron chi connectivity index (χ2n) is 4.30. The van der Waals surface area contributed by atoms with Gasteiger partial charge in [-0.1, -0.05) is 12.7 Å². The molecule has 0 aliphatic carbocycles. The first kappa shape index (κ1) is 16.4. The number of carbonyl (C=O) groups excluding carboxylic acids is 1. The minimum absolute atomic E-state index is 0.0921. The van der Waals surface area contributed by atoms with Crippen LogP contribution >= 0.6 is 0 Å². The zero-order chi connectivity index (χ0) is 15.3. The Kier molecular flexibility index (Phi) is 5.52. The van der Waals surface area contributed by atoms with Gasteiger partial charge in [0.2, 0.25) is 11.4 Å². The number of aliphatic hydroxyl groups is 5. The summed E-state index contributed by atoms with van der Waals surface area (Å²) in [7, 11) is 0. The van der Waals surface area contributed by atoms with Crippen molar-refractivity contribution < 1.29 is 39.8 Å². The molecule has 0 spiro atoms. The lowest BCUT2D eigenvalue weighted by atomic mass is 9.88. The molecule has 20 heavy (non-hydrogen) atoms. The second kappa shape index (κ2) is 6.71. The molecule has 0 saturated heterocycles. The molecular formula is C12H18O8. The Morgan fingerprint density at radius 2 is 2.00 bits per heavy atom. The van der Waals surface area contributed by atoms with Gasteiger partial charge in [0.05, 0.1) is 19.3 Å². The van der Waals surface area contributed by atoms with E-state index in [1.807, 2.05) is 0 Å². The summed E-state index contributed by atoms with van der Waals surface area (Å²) < 4.78 is 10.0. The van der Waals surface area contributed by atoms with Gasteiger partial charge in [0.15, 0.2) is 5.76 Å². The van der Waals surface area contributed by atoms with E-state index in [4.69, 9.17) is 19.7 Å². The first-order valence-electron chi connectivity index (χ1n) is 5.91. The van der Waals surface area contributed by atoms with Gasteiger partial charge in [0.1, 0.15) is 12.7 Å². The van der Waals surface area contributed by atoms with Crippen molar-refractivity contribution in [2.75, 3.05) is 19.8 Å². The smallest absolute Gasteiger partial charge is 0.378 e. The van der Waals surface area contributed by atoms with Gasteiger partial charge in [-0.25, -0.2) is 4.79 Å². The average Bonchev–Trinajstić information content (AvgIpc) is 2.68. The Morgan fingerprint density at radius 3 is 2.50 bits per heavy atom.